The van der Waals surface area contributed by atoms with Gasteiger partial charge in [0.25, 0.3) is 5.69 Å². The van der Waals surface area contributed by atoms with Crippen molar-refractivity contribution in [3.8, 4) is 11.3 Å². The molecule has 0 saturated carbocycles. The summed E-state index contributed by atoms with van der Waals surface area (Å²) in [6.45, 7) is 3.25. The van der Waals surface area contributed by atoms with Gasteiger partial charge in [0.15, 0.2) is 0 Å². The van der Waals surface area contributed by atoms with Crippen LogP contribution in [0.5, 0.6) is 0 Å². The molecule has 23 heavy (non-hydrogen) atoms. The van der Waals surface area contributed by atoms with E-state index in [1.54, 1.807) is 19.1 Å². The highest BCUT2D eigenvalue weighted by Crippen LogP contribution is 2.28. The molecule has 0 atom stereocenters. The fourth-order valence-corrected chi connectivity index (χ4v) is 3.49. The number of likely N-dealkylation sites (tertiary alicyclic amines) is 1. The van der Waals surface area contributed by atoms with Crippen LogP contribution in [0.15, 0.2) is 23.6 Å². The van der Waals surface area contributed by atoms with Crippen molar-refractivity contribution in [3.05, 3.63) is 44.3 Å². The zero-order valence-corrected chi connectivity index (χ0v) is 13.6. The quantitative estimate of drug-likeness (QED) is 0.623. The molecule has 1 aromatic heterocycles. The molecule has 1 aromatic carbocycles. The van der Waals surface area contributed by atoms with Crippen LogP contribution in [-0.4, -0.2) is 33.8 Å². The first-order valence-electron chi connectivity index (χ1n) is 7.52. The number of benzene rings is 1. The molecular formula is C16H17N3O3S. The van der Waals surface area contributed by atoms with Crippen molar-refractivity contribution < 1.29 is 9.72 Å². The Morgan fingerprint density at radius 1 is 1.43 bits per heavy atom. The molecule has 0 bridgehead atoms. The summed E-state index contributed by atoms with van der Waals surface area (Å²) in [5.74, 6) is 0.218. The summed E-state index contributed by atoms with van der Waals surface area (Å²) in [6.07, 6.45) is 2.31. The molecule has 2 aromatic rings. The predicted molar refractivity (Wildman–Crippen MR) is 88.5 cm³/mol. The minimum absolute atomic E-state index is 0.111. The number of carbonyl (C=O) groups excluding carboxylic acids is 1. The lowest BCUT2D eigenvalue weighted by Crippen LogP contribution is -2.26. The van der Waals surface area contributed by atoms with Crippen LogP contribution in [0, 0.1) is 17.0 Å². The Kier molecular flexibility index (Phi) is 4.38. The predicted octanol–water partition coefficient (Wildman–Crippen LogP) is 3.19. The maximum absolute atomic E-state index is 11.6. The third-order valence-electron chi connectivity index (χ3n) is 4.02. The van der Waals surface area contributed by atoms with E-state index >= 15 is 0 Å². The minimum Gasteiger partial charge on any atom is -0.342 e. The van der Waals surface area contributed by atoms with E-state index in [-0.39, 0.29) is 16.5 Å². The topological polar surface area (TPSA) is 76.3 Å². The molecule has 6 nitrogen and oxygen atoms in total. The highest BCUT2D eigenvalue weighted by Gasteiger charge is 2.20. The van der Waals surface area contributed by atoms with Gasteiger partial charge in [0.2, 0.25) is 5.91 Å². The van der Waals surface area contributed by atoms with Crippen LogP contribution in [0.1, 0.15) is 23.4 Å². The largest absolute Gasteiger partial charge is 0.342 e. The summed E-state index contributed by atoms with van der Waals surface area (Å²) >= 11 is 1.53. The number of nitro benzene ring substituents is 1. The molecule has 1 aliphatic heterocycles. The first-order valence-corrected chi connectivity index (χ1v) is 8.40. The SMILES string of the molecule is Cc1ccc(-c2csc(CCN3CCCC3=O)n2)cc1[N+](=O)[O-]. The average molecular weight is 331 g/mol. The van der Waals surface area contributed by atoms with Gasteiger partial charge in [0.1, 0.15) is 0 Å². The summed E-state index contributed by atoms with van der Waals surface area (Å²) in [6, 6.07) is 5.17. The van der Waals surface area contributed by atoms with Gasteiger partial charge in [-0.05, 0) is 13.3 Å². The number of carbonyl (C=O) groups is 1. The van der Waals surface area contributed by atoms with Crippen molar-refractivity contribution in [2.24, 2.45) is 0 Å². The Labute approximate surface area is 137 Å². The number of hydrogen-bond donors (Lipinski definition) is 0. The highest BCUT2D eigenvalue weighted by molar-refractivity contribution is 7.09. The summed E-state index contributed by atoms with van der Waals surface area (Å²) in [5.41, 5.74) is 2.25. The van der Waals surface area contributed by atoms with Crippen LogP contribution in [0.3, 0.4) is 0 Å². The third-order valence-corrected chi connectivity index (χ3v) is 4.93. The molecule has 1 fully saturated rings. The first kappa shape index (κ1) is 15.6. The number of thiazole rings is 1. The molecule has 2 heterocycles. The maximum Gasteiger partial charge on any atom is 0.272 e. The normalized spacial score (nSPS) is 14.5. The Hall–Kier alpha value is -2.28. The molecule has 0 aliphatic carbocycles. The summed E-state index contributed by atoms with van der Waals surface area (Å²) in [4.78, 5) is 28.7. The van der Waals surface area contributed by atoms with Crippen molar-refractivity contribution in [1.82, 2.24) is 9.88 Å². The molecule has 1 aliphatic rings. The zero-order chi connectivity index (χ0) is 16.4. The lowest BCUT2D eigenvalue weighted by Gasteiger charge is -2.13. The molecule has 0 unspecified atom stereocenters. The van der Waals surface area contributed by atoms with Gasteiger partial charge in [-0.3, -0.25) is 14.9 Å². The van der Waals surface area contributed by atoms with Crippen LogP contribution >= 0.6 is 11.3 Å². The van der Waals surface area contributed by atoms with E-state index < -0.39 is 0 Å². The van der Waals surface area contributed by atoms with Crippen molar-refractivity contribution in [2.75, 3.05) is 13.1 Å². The summed E-state index contributed by atoms with van der Waals surface area (Å²) in [5, 5.41) is 13.9. The lowest BCUT2D eigenvalue weighted by molar-refractivity contribution is -0.385. The van der Waals surface area contributed by atoms with Crippen LogP contribution < -0.4 is 0 Å². The van der Waals surface area contributed by atoms with E-state index in [1.165, 1.54) is 11.3 Å². The standard InChI is InChI=1S/C16H17N3O3S/c1-11-4-5-12(9-14(11)19(21)22)13-10-23-15(17-13)6-8-18-7-2-3-16(18)20/h4-5,9-10H,2-3,6-8H2,1H3. The van der Waals surface area contributed by atoms with Gasteiger partial charge in [-0.15, -0.1) is 11.3 Å². The molecule has 7 heteroatoms. The fourth-order valence-electron chi connectivity index (χ4n) is 2.69. The molecule has 0 N–H and O–H groups in total. The van der Waals surface area contributed by atoms with E-state index in [0.29, 0.717) is 18.5 Å². The van der Waals surface area contributed by atoms with Crippen molar-refractivity contribution in [3.63, 3.8) is 0 Å². The number of aryl methyl sites for hydroxylation is 1. The van der Waals surface area contributed by atoms with Crippen molar-refractivity contribution >= 4 is 22.9 Å². The number of amides is 1. The van der Waals surface area contributed by atoms with Gasteiger partial charge < -0.3 is 4.90 Å². The van der Waals surface area contributed by atoms with E-state index in [4.69, 9.17) is 0 Å². The second-order valence-electron chi connectivity index (χ2n) is 5.62. The second kappa shape index (κ2) is 6.45. The highest BCUT2D eigenvalue weighted by atomic mass is 32.1. The summed E-state index contributed by atoms with van der Waals surface area (Å²) < 4.78 is 0. The molecular weight excluding hydrogens is 314 g/mol. The summed E-state index contributed by atoms with van der Waals surface area (Å²) in [7, 11) is 0. The monoisotopic (exact) mass is 331 g/mol. The third kappa shape index (κ3) is 3.39. The molecule has 0 spiro atoms. The van der Waals surface area contributed by atoms with Crippen molar-refractivity contribution in [2.45, 2.75) is 26.2 Å². The Balaban J connectivity index is 1.73. The van der Waals surface area contributed by atoms with E-state index in [0.717, 1.165) is 35.7 Å². The van der Waals surface area contributed by atoms with Gasteiger partial charge in [-0.2, -0.15) is 0 Å². The number of nitrogens with zero attached hydrogens (tertiary/aromatic N) is 3. The number of nitro groups is 1. The molecule has 0 radical (unpaired) electrons. The number of rotatable bonds is 5. The van der Waals surface area contributed by atoms with Crippen LogP contribution in [0.25, 0.3) is 11.3 Å². The minimum atomic E-state index is -0.370. The van der Waals surface area contributed by atoms with Crippen molar-refractivity contribution in [1.29, 1.82) is 0 Å². The Morgan fingerprint density at radius 2 is 2.26 bits per heavy atom. The van der Waals surface area contributed by atoms with Crippen LogP contribution in [0.2, 0.25) is 0 Å². The average Bonchev–Trinajstić information content (AvgIpc) is 3.14. The number of hydrogen-bond acceptors (Lipinski definition) is 5. The van der Waals surface area contributed by atoms with Gasteiger partial charge in [0.05, 0.1) is 15.6 Å². The van der Waals surface area contributed by atoms with E-state index in [2.05, 4.69) is 4.98 Å². The van der Waals surface area contributed by atoms with Gasteiger partial charge in [-0.1, -0.05) is 12.1 Å². The van der Waals surface area contributed by atoms with Gasteiger partial charge in [-0.25, -0.2) is 4.98 Å². The van der Waals surface area contributed by atoms with E-state index in [9.17, 15) is 14.9 Å². The smallest absolute Gasteiger partial charge is 0.272 e. The Morgan fingerprint density at radius 3 is 2.96 bits per heavy atom. The second-order valence-corrected chi connectivity index (χ2v) is 6.56. The molecule has 3 rings (SSSR count). The molecule has 1 amide bonds. The van der Waals surface area contributed by atoms with Crippen LogP contribution in [-0.2, 0) is 11.2 Å². The molecule has 1 saturated heterocycles. The number of aromatic nitrogens is 1. The molecule has 120 valence electrons. The van der Waals surface area contributed by atoms with Gasteiger partial charge >= 0.3 is 0 Å². The fraction of sp³-hybridized carbons (Fsp3) is 0.375. The van der Waals surface area contributed by atoms with Crippen LogP contribution in [0.4, 0.5) is 5.69 Å². The lowest BCUT2D eigenvalue weighted by atomic mass is 10.1. The first-order chi connectivity index (χ1) is 11.0. The Bertz CT molecular complexity index is 757. The van der Waals surface area contributed by atoms with Gasteiger partial charge in [0, 0.05) is 48.5 Å². The van der Waals surface area contributed by atoms with E-state index in [1.807, 2.05) is 16.3 Å². The maximum atomic E-state index is 11.6. The zero-order valence-electron chi connectivity index (χ0n) is 12.8.